The topological polar surface area (TPSA) is 128 Å². The highest BCUT2D eigenvalue weighted by molar-refractivity contribution is 9.10. The van der Waals surface area contributed by atoms with Gasteiger partial charge in [0.25, 0.3) is 5.69 Å². The number of hydrogen-bond donors (Lipinski definition) is 1. The van der Waals surface area contributed by atoms with Crippen molar-refractivity contribution in [2.45, 2.75) is 31.8 Å². The summed E-state index contributed by atoms with van der Waals surface area (Å²) in [6, 6.07) is 13.6. The smallest absolute Gasteiger partial charge is 0.269 e. The number of allylic oxidation sites excluding steroid dienone is 3. The summed E-state index contributed by atoms with van der Waals surface area (Å²) in [5.74, 6) is 0.499. The minimum absolute atomic E-state index is 0.0160. The molecule has 2 N–H and O–H groups in total. The average Bonchev–Trinajstić information content (AvgIpc) is 2.77. The Bertz CT molecular complexity index is 1210. The van der Waals surface area contributed by atoms with Crippen molar-refractivity contribution in [1.82, 2.24) is 0 Å². The van der Waals surface area contributed by atoms with Crippen LogP contribution in [0.15, 0.2) is 69.7 Å². The van der Waals surface area contributed by atoms with Gasteiger partial charge in [0, 0.05) is 30.5 Å². The van der Waals surface area contributed by atoms with Gasteiger partial charge in [-0.3, -0.25) is 14.9 Å². The van der Waals surface area contributed by atoms with Crippen molar-refractivity contribution in [3.05, 3.63) is 91.0 Å². The maximum atomic E-state index is 12.7. The van der Waals surface area contributed by atoms with Crippen LogP contribution in [0.3, 0.4) is 0 Å². The number of nitro benzene ring substituents is 1. The van der Waals surface area contributed by atoms with Gasteiger partial charge < -0.3 is 15.2 Å². The van der Waals surface area contributed by atoms with Crippen molar-refractivity contribution in [2.75, 3.05) is 0 Å². The summed E-state index contributed by atoms with van der Waals surface area (Å²) in [5.41, 5.74) is 8.22. The summed E-state index contributed by atoms with van der Waals surface area (Å²) in [6.07, 6.45) is 1.71. The summed E-state index contributed by atoms with van der Waals surface area (Å²) in [4.78, 5) is 23.0. The van der Waals surface area contributed by atoms with Gasteiger partial charge in [-0.1, -0.05) is 6.07 Å². The number of halogens is 1. The van der Waals surface area contributed by atoms with E-state index in [1.54, 1.807) is 30.3 Å². The number of carbonyl (C=O) groups excluding carboxylic acids is 1. The molecule has 2 aliphatic rings. The van der Waals surface area contributed by atoms with E-state index in [1.807, 2.05) is 0 Å². The molecule has 0 bridgehead atoms. The van der Waals surface area contributed by atoms with Gasteiger partial charge in [-0.2, -0.15) is 5.26 Å². The summed E-state index contributed by atoms with van der Waals surface area (Å²) in [6.45, 7) is 0.220. The highest BCUT2D eigenvalue weighted by Crippen LogP contribution is 2.44. The molecule has 0 saturated heterocycles. The number of non-ortho nitro benzene ring substituents is 1. The SMILES string of the molecule is N#CC1=C(N)OC2=C(C(=O)CCC2)[C@@H]1c1ccc(OCc2ccc([N+](=O)[O-])cc2)c(Br)c1. The molecule has 1 aliphatic heterocycles. The molecule has 1 atom stereocenters. The Morgan fingerprint density at radius 1 is 1.25 bits per heavy atom. The van der Waals surface area contributed by atoms with Crippen molar-refractivity contribution in [3.8, 4) is 11.8 Å². The molecule has 1 aliphatic carbocycles. The standard InChI is InChI=1S/C23H18BrN3O5/c24-17-10-14(6-9-19(17)31-12-13-4-7-15(8-5-13)27(29)30)21-16(11-25)23(26)32-20-3-1-2-18(28)22(20)21/h4-10,21H,1-3,12,26H2/t21-/m1/s1. The highest BCUT2D eigenvalue weighted by Gasteiger charge is 2.38. The van der Waals surface area contributed by atoms with Gasteiger partial charge in [-0.05, 0) is 57.7 Å². The number of nitrogens with zero attached hydrogens (tertiary/aromatic N) is 2. The molecule has 0 spiro atoms. The minimum atomic E-state index is -0.587. The number of nitriles is 1. The highest BCUT2D eigenvalue weighted by atomic mass is 79.9. The van der Waals surface area contributed by atoms with E-state index in [0.717, 1.165) is 11.1 Å². The largest absolute Gasteiger partial charge is 0.488 e. The Kier molecular flexibility index (Phi) is 5.97. The molecule has 9 heteroatoms. The third-order valence-electron chi connectivity index (χ3n) is 5.44. The minimum Gasteiger partial charge on any atom is -0.488 e. The van der Waals surface area contributed by atoms with Crippen LogP contribution in [0.25, 0.3) is 0 Å². The van der Waals surface area contributed by atoms with E-state index in [2.05, 4.69) is 22.0 Å². The molecule has 0 aromatic heterocycles. The fourth-order valence-electron chi connectivity index (χ4n) is 3.88. The van der Waals surface area contributed by atoms with Gasteiger partial charge in [0.2, 0.25) is 5.88 Å². The second kappa shape index (κ2) is 8.85. The van der Waals surface area contributed by atoms with Crippen molar-refractivity contribution in [1.29, 1.82) is 5.26 Å². The molecule has 0 fully saturated rings. The summed E-state index contributed by atoms with van der Waals surface area (Å²) in [5, 5.41) is 20.5. The van der Waals surface area contributed by atoms with Crippen LogP contribution in [0.5, 0.6) is 5.75 Å². The fraction of sp³-hybridized carbons (Fsp3) is 0.217. The van der Waals surface area contributed by atoms with E-state index in [4.69, 9.17) is 15.2 Å². The molecule has 2 aromatic rings. The lowest BCUT2D eigenvalue weighted by atomic mass is 9.77. The average molecular weight is 496 g/mol. The molecule has 32 heavy (non-hydrogen) atoms. The van der Waals surface area contributed by atoms with Gasteiger partial charge in [0.1, 0.15) is 29.8 Å². The maximum absolute atomic E-state index is 12.7. The Morgan fingerprint density at radius 3 is 2.66 bits per heavy atom. The molecule has 0 unspecified atom stereocenters. The van der Waals surface area contributed by atoms with E-state index in [9.17, 15) is 20.2 Å². The Labute approximate surface area is 192 Å². The van der Waals surface area contributed by atoms with Gasteiger partial charge in [0.15, 0.2) is 5.78 Å². The van der Waals surface area contributed by atoms with Crippen molar-refractivity contribution >= 4 is 27.4 Å². The zero-order chi connectivity index (χ0) is 22.8. The van der Waals surface area contributed by atoms with Crippen LogP contribution in [-0.4, -0.2) is 10.7 Å². The first kappa shape index (κ1) is 21.6. The van der Waals surface area contributed by atoms with Gasteiger partial charge >= 0.3 is 0 Å². The van der Waals surface area contributed by atoms with E-state index in [-0.39, 0.29) is 29.5 Å². The molecule has 4 rings (SSSR count). The number of hydrogen-bond acceptors (Lipinski definition) is 7. The Morgan fingerprint density at radius 2 is 2.00 bits per heavy atom. The molecule has 1 heterocycles. The number of benzene rings is 2. The van der Waals surface area contributed by atoms with Crippen LogP contribution in [0.1, 0.15) is 36.3 Å². The molecular formula is C23H18BrN3O5. The fourth-order valence-corrected chi connectivity index (χ4v) is 4.39. The zero-order valence-corrected chi connectivity index (χ0v) is 18.4. The molecule has 162 valence electrons. The lowest BCUT2D eigenvalue weighted by Crippen LogP contribution is -2.27. The molecule has 0 saturated carbocycles. The normalized spacial score (nSPS) is 18.0. The van der Waals surface area contributed by atoms with Crippen LogP contribution >= 0.6 is 15.9 Å². The monoisotopic (exact) mass is 495 g/mol. The predicted molar refractivity (Wildman–Crippen MR) is 118 cm³/mol. The molecule has 0 radical (unpaired) electrons. The Balaban J connectivity index is 1.59. The number of nitro groups is 1. The lowest BCUT2D eigenvalue weighted by molar-refractivity contribution is -0.384. The van der Waals surface area contributed by atoms with Gasteiger partial charge in [-0.25, -0.2) is 0 Å². The summed E-state index contributed by atoms with van der Waals surface area (Å²) < 4.78 is 12.1. The van der Waals surface area contributed by atoms with E-state index >= 15 is 0 Å². The van der Waals surface area contributed by atoms with Crippen molar-refractivity contribution in [2.24, 2.45) is 5.73 Å². The number of nitrogens with two attached hydrogens (primary N) is 1. The third kappa shape index (κ3) is 4.09. The predicted octanol–water partition coefficient (Wildman–Crippen LogP) is 4.75. The Hall–Kier alpha value is -3.64. The first-order chi connectivity index (χ1) is 15.4. The zero-order valence-electron chi connectivity index (χ0n) is 16.8. The maximum Gasteiger partial charge on any atom is 0.269 e. The summed E-state index contributed by atoms with van der Waals surface area (Å²) >= 11 is 3.50. The number of carbonyl (C=O) groups is 1. The molecule has 8 nitrogen and oxygen atoms in total. The number of ether oxygens (including phenoxy) is 2. The second-order valence-corrected chi connectivity index (χ2v) is 8.29. The number of Topliss-reactive ketones (excluding diaryl/α,β-unsaturated/α-hetero) is 1. The molecule has 2 aromatic carbocycles. The lowest BCUT2D eigenvalue weighted by Gasteiger charge is -2.31. The first-order valence-corrected chi connectivity index (χ1v) is 10.7. The summed E-state index contributed by atoms with van der Waals surface area (Å²) in [7, 11) is 0. The van der Waals surface area contributed by atoms with E-state index in [1.165, 1.54) is 12.1 Å². The first-order valence-electron chi connectivity index (χ1n) is 9.88. The van der Waals surface area contributed by atoms with Crippen LogP contribution in [0, 0.1) is 21.4 Å². The van der Waals surface area contributed by atoms with E-state index in [0.29, 0.717) is 40.8 Å². The number of rotatable bonds is 5. The molecule has 0 amide bonds. The van der Waals surface area contributed by atoms with E-state index < -0.39 is 10.8 Å². The van der Waals surface area contributed by atoms with Crippen LogP contribution in [0.2, 0.25) is 0 Å². The van der Waals surface area contributed by atoms with Crippen LogP contribution < -0.4 is 10.5 Å². The van der Waals surface area contributed by atoms with Gasteiger partial charge in [0.05, 0.1) is 15.3 Å². The van der Waals surface area contributed by atoms with Crippen molar-refractivity contribution < 1.29 is 19.2 Å². The van der Waals surface area contributed by atoms with Gasteiger partial charge in [-0.15, -0.1) is 0 Å². The molecular weight excluding hydrogens is 478 g/mol. The quantitative estimate of drug-likeness (QED) is 0.467. The van der Waals surface area contributed by atoms with Crippen LogP contribution in [0.4, 0.5) is 5.69 Å². The third-order valence-corrected chi connectivity index (χ3v) is 6.06. The second-order valence-electron chi connectivity index (χ2n) is 7.44. The number of ketones is 1. The van der Waals surface area contributed by atoms with Crippen molar-refractivity contribution in [3.63, 3.8) is 0 Å². The van der Waals surface area contributed by atoms with Crippen LogP contribution in [-0.2, 0) is 16.1 Å².